The molecular weight excluding hydrogens is 317 g/mol. The van der Waals surface area contributed by atoms with Crippen LogP contribution in [0.3, 0.4) is 0 Å². The highest BCUT2D eigenvalue weighted by molar-refractivity contribution is 7.60. The molecule has 0 fully saturated rings. The Balaban J connectivity index is 2.00. The van der Waals surface area contributed by atoms with Gasteiger partial charge in [0.15, 0.2) is 0 Å². The van der Waals surface area contributed by atoms with Crippen LogP contribution in [0.5, 0.6) is 5.75 Å². The number of nitrogens with zero attached hydrogens (tertiary/aromatic N) is 1. The largest absolute Gasteiger partial charge is 0.497 e. The van der Waals surface area contributed by atoms with Crippen LogP contribution in [-0.4, -0.2) is 42.1 Å². The van der Waals surface area contributed by atoms with E-state index in [0.29, 0.717) is 16.9 Å². The van der Waals surface area contributed by atoms with Crippen molar-refractivity contribution in [1.29, 1.82) is 0 Å². The lowest BCUT2D eigenvalue weighted by Gasteiger charge is -2.42. The molecule has 2 rings (SSSR count). The Morgan fingerprint density at radius 1 is 1.08 bits per heavy atom. The molecule has 1 aliphatic rings. The van der Waals surface area contributed by atoms with Crippen molar-refractivity contribution in [2.45, 2.75) is 64.3 Å². The van der Waals surface area contributed by atoms with E-state index in [2.05, 4.69) is 41.5 Å². The summed E-state index contributed by atoms with van der Waals surface area (Å²) in [7, 11) is 1.60. The molecule has 0 radical (unpaired) electrons. The lowest BCUT2D eigenvalue weighted by atomic mass is 10.2. The number of rotatable bonds is 5. The Morgan fingerprint density at radius 2 is 1.67 bits per heavy atom. The summed E-state index contributed by atoms with van der Waals surface area (Å²) < 4.78 is 11.0. The molecule has 24 heavy (non-hydrogen) atoms. The monoisotopic (exact) mass is 349 g/mol. The fraction of sp³-hybridized carbons (Fsp3) is 0.650. The summed E-state index contributed by atoms with van der Waals surface area (Å²) in [5.74, 6) is 1.63. The molecule has 0 saturated heterocycles. The third kappa shape index (κ3) is 4.96. The van der Waals surface area contributed by atoms with E-state index < -0.39 is 0 Å². The lowest BCUT2D eigenvalue weighted by Crippen LogP contribution is -2.27. The zero-order valence-corrected chi connectivity index (χ0v) is 17.1. The maximum Gasteiger partial charge on any atom is 0.216 e. The maximum atomic E-state index is 5.85. The topological polar surface area (TPSA) is 30.8 Å². The molecule has 0 saturated carbocycles. The van der Waals surface area contributed by atoms with Gasteiger partial charge in [-0.1, -0.05) is 49.5 Å². The third-order valence-electron chi connectivity index (χ3n) is 4.35. The van der Waals surface area contributed by atoms with Gasteiger partial charge in [-0.25, -0.2) is 4.99 Å². The van der Waals surface area contributed by atoms with Crippen molar-refractivity contribution in [3.8, 4) is 5.75 Å². The van der Waals surface area contributed by atoms with Crippen LogP contribution in [0.15, 0.2) is 29.3 Å². The smallest absolute Gasteiger partial charge is 0.216 e. The van der Waals surface area contributed by atoms with Crippen LogP contribution >= 0.6 is 7.92 Å². The minimum Gasteiger partial charge on any atom is -0.497 e. The summed E-state index contributed by atoms with van der Waals surface area (Å²) >= 11 is 0. The SMILES string of the molecule is COc1ccc(C2=N[C@@H](CCP(C(C)(C)C)C(C)(C)C)CO2)cc1. The van der Waals surface area contributed by atoms with E-state index in [9.17, 15) is 0 Å². The number of methoxy groups -OCH3 is 1. The molecule has 134 valence electrons. The van der Waals surface area contributed by atoms with Crippen molar-refractivity contribution >= 4 is 13.8 Å². The van der Waals surface area contributed by atoms with E-state index in [1.54, 1.807) is 7.11 Å². The summed E-state index contributed by atoms with van der Waals surface area (Å²) in [6, 6.07) is 8.21. The second-order valence-corrected chi connectivity index (χ2v) is 12.4. The minimum atomic E-state index is -0.0754. The lowest BCUT2D eigenvalue weighted by molar-refractivity contribution is 0.315. The van der Waals surface area contributed by atoms with Crippen LogP contribution < -0.4 is 4.74 Å². The van der Waals surface area contributed by atoms with Crippen LogP contribution in [0.4, 0.5) is 0 Å². The van der Waals surface area contributed by atoms with Crippen molar-refractivity contribution in [3.05, 3.63) is 29.8 Å². The van der Waals surface area contributed by atoms with Gasteiger partial charge in [-0.2, -0.15) is 0 Å². The van der Waals surface area contributed by atoms with Crippen molar-refractivity contribution in [3.63, 3.8) is 0 Å². The van der Waals surface area contributed by atoms with Crippen molar-refractivity contribution in [2.75, 3.05) is 19.9 Å². The number of benzene rings is 1. The summed E-state index contributed by atoms with van der Waals surface area (Å²) in [6.07, 6.45) is 2.36. The summed E-state index contributed by atoms with van der Waals surface area (Å²) in [6.45, 7) is 15.0. The molecule has 1 aromatic rings. The molecule has 0 unspecified atom stereocenters. The number of ether oxygens (including phenoxy) is 2. The second-order valence-electron chi connectivity index (χ2n) is 8.41. The van der Waals surface area contributed by atoms with Gasteiger partial charge < -0.3 is 9.47 Å². The zero-order valence-electron chi connectivity index (χ0n) is 16.2. The summed E-state index contributed by atoms with van der Waals surface area (Å²) in [4.78, 5) is 4.81. The molecule has 0 aromatic heterocycles. The molecule has 1 atom stereocenters. The molecule has 0 spiro atoms. The average molecular weight is 349 g/mol. The normalized spacial score (nSPS) is 18.5. The molecule has 0 N–H and O–H groups in total. The van der Waals surface area contributed by atoms with Crippen molar-refractivity contribution in [1.82, 2.24) is 0 Å². The third-order valence-corrected chi connectivity index (χ3v) is 8.30. The van der Waals surface area contributed by atoms with Crippen LogP contribution in [0.1, 0.15) is 53.5 Å². The quantitative estimate of drug-likeness (QED) is 0.675. The second kappa shape index (κ2) is 7.44. The molecule has 0 bridgehead atoms. The van der Waals surface area contributed by atoms with E-state index in [0.717, 1.165) is 23.6 Å². The van der Waals surface area contributed by atoms with Crippen molar-refractivity contribution in [2.24, 2.45) is 4.99 Å². The Labute approximate surface area is 148 Å². The van der Waals surface area contributed by atoms with E-state index in [4.69, 9.17) is 14.5 Å². The first-order valence-corrected chi connectivity index (χ1v) is 10.3. The molecule has 3 nitrogen and oxygen atoms in total. The van der Waals surface area contributed by atoms with E-state index in [1.165, 1.54) is 6.16 Å². The summed E-state index contributed by atoms with van der Waals surface area (Å²) in [5, 5.41) is 0.741. The molecule has 1 aliphatic heterocycles. The molecule has 0 amide bonds. The molecule has 1 aromatic carbocycles. The molecule has 1 heterocycles. The van der Waals surface area contributed by atoms with Crippen LogP contribution in [-0.2, 0) is 4.74 Å². The highest BCUT2D eigenvalue weighted by Gasteiger charge is 2.34. The Hall–Kier alpha value is -1.08. The van der Waals surface area contributed by atoms with Gasteiger partial charge in [-0.05, 0) is 47.2 Å². The zero-order chi connectivity index (χ0) is 18.0. The fourth-order valence-electron chi connectivity index (χ4n) is 3.41. The van der Waals surface area contributed by atoms with Gasteiger partial charge in [0.05, 0.1) is 13.2 Å². The highest BCUT2D eigenvalue weighted by Crippen LogP contribution is 2.59. The highest BCUT2D eigenvalue weighted by atomic mass is 31.1. The van der Waals surface area contributed by atoms with Gasteiger partial charge >= 0.3 is 0 Å². The van der Waals surface area contributed by atoms with Crippen LogP contribution in [0.25, 0.3) is 0 Å². The van der Waals surface area contributed by atoms with Crippen molar-refractivity contribution < 1.29 is 9.47 Å². The van der Waals surface area contributed by atoms with E-state index in [1.807, 2.05) is 24.3 Å². The van der Waals surface area contributed by atoms with Gasteiger partial charge in [-0.3, -0.25) is 0 Å². The Bertz CT molecular complexity index is 553. The first-order chi connectivity index (χ1) is 11.1. The standard InChI is InChI=1S/C20H32NO2P/c1-19(2,3)24(20(4,5)6)13-12-16-14-23-18(21-16)15-8-10-17(22-7)11-9-15/h8-11,16H,12-14H2,1-7H3/t16-/m0/s1. The van der Waals surface area contributed by atoms with Gasteiger partial charge in [0.1, 0.15) is 12.4 Å². The molecule has 4 heteroatoms. The van der Waals surface area contributed by atoms with Crippen LogP contribution in [0, 0.1) is 0 Å². The van der Waals surface area contributed by atoms with Gasteiger partial charge in [0.25, 0.3) is 0 Å². The fourth-order valence-corrected chi connectivity index (χ4v) is 7.32. The molecular formula is C20H32NO2P. The number of aliphatic imine (C=N–C) groups is 1. The van der Waals surface area contributed by atoms with Crippen LogP contribution in [0.2, 0.25) is 0 Å². The number of hydrogen-bond acceptors (Lipinski definition) is 3. The Morgan fingerprint density at radius 3 is 2.17 bits per heavy atom. The molecule has 0 aliphatic carbocycles. The first kappa shape index (κ1) is 19.2. The first-order valence-electron chi connectivity index (χ1n) is 8.74. The van der Waals surface area contributed by atoms with E-state index in [-0.39, 0.29) is 14.0 Å². The maximum absolute atomic E-state index is 5.85. The Kier molecular flexibility index (Phi) is 5.96. The minimum absolute atomic E-state index is 0.0754. The average Bonchev–Trinajstić information content (AvgIpc) is 2.93. The predicted octanol–water partition coefficient (Wildman–Crippen LogP) is 5.31. The van der Waals surface area contributed by atoms with Gasteiger partial charge in [-0.15, -0.1) is 0 Å². The van der Waals surface area contributed by atoms with Gasteiger partial charge in [0, 0.05) is 5.56 Å². The van der Waals surface area contributed by atoms with Gasteiger partial charge in [0.2, 0.25) is 5.90 Å². The number of hydrogen-bond donors (Lipinski definition) is 0. The summed E-state index contributed by atoms with van der Waals surface area (Å²) in [5.41, 5.74) is 1.03. The predicted molar refractivity (Wildman–Crippen MR) is 105 cm³/mol. The van der Waals surface area contributed by atoms with E-state index >= 15 is 0 Å².